The first-order chi connectivity index (χ1) is 9.82. The smallest absolute Gasteiger partial charge is 0.272 e. The predicted octanol–water partition coefficient (Wildman–Crippen LogP) is 2.95. The Bertz CT molecular complexity index is 525. The second-order valence-electron chi connectivity index (χ2n) is 6.97. The number of rotatable bonds is 4. The third kappa shape index (κ3) is 3.71. The van der Waals surface area contributed by atoms with Gasteiger partial charge in [0.15, 0.2) is 5.69 Å². The minimum Gasteiger partial charge on any atom is -0.385 e. The van der Waals surface area contributed by atoms with Crippen LogP contribution in [0.2, 0.25) is 0 Å². The molecule has 1 heterocycles. The molecule has 5 heteroatoms. The maximum absolute atomic E-state index is 12.5. The van der Waals surface area contributed by atoms with Crippen molar-refractivity contribution in [1.82, 2.24) is 15.3 Å². The molecule has 1 amide bonds. The van der Waals surface area contributed by atoms with Gasteiger partial charge in [-0.3, -0.25) is 4.79 Å². The van der Waals surface area contributed by atoms with E-state index in [9.17, 15) is 4.79 Å². The normalized spacial score (nSPS) is 20.6. The average Bonchev–Trinajstić information content (AvgIpc) is 2.76. The minimum atomic E-state index is -0.105. The van der Waals surface area contributed by atoms with Gasteiger partial charge >= 0.3 is 0 Å². The summed E-state index contributed by atoms with van der Waals surface area (Å²) < 4.78 is 0. The van der Waals surface area contributed by atoms with E-state index in [0.29, 0.717) is 22.6 Å². The van der Waals surface area contributed by atoms with Gasteiger partial charge in [0.2, 0.25) is 0 Å². The summed E-state index contributed by atoms with van der Waals surface area (Å²) >= 11 is 0. The Morgan fingerprint density at radius 3 is 2.67 bits per heavy atom. The quantitative estimate of drug-likeness (QED) is 0.894. The van der Waals surface area contributed by atoms with E-state index < -0.39 is 0 Å². The molecule has 1 aliphatic rings. The molecule has 1 aromatic heterocycles. The summed E-state index contributed by atoms with van der Waals surface area (Å²) in [4.78, 5) is 21.3. The van der Waals surface area contributed by atoms with Crippen molar-refractivity contribution in [2.24, 2.45) is 5.41 Å². The van der Waals surface area contributed by atoms with Crippen molar-refractivity contribution in [3.8, 4) is 0 Å². The Kier molecular flexibility index (Phi) is 4.49. The second kappa shape index (κ2) is 6.00. The zero-order chi connectivity index (χ0) is 15.6. The summed E-state index contributed by atoms with van der Waals surface area (Å²) in [6.07, 6.45) is 4.90. The zero-order valence-corrected chi connectivity index (χ0v) is 13.7. The van der Waals surface area contributed by atoms with Crippen molar-refractivity contribution in [2.45, 2.75) is 58.9 Å². The SMILES string of the molecule is CNc1cnc(C(C)C)nc1C(=O)NC1CCC(C)(C)C1. The van der Waals surface area contributed by atoms with Crippen LogP contribution in [-0.4, -0.2) is 29.0 Å². The van der Waals surface area contributed by atoms with Crippen molar-refractivity contribution < 1.29 is 4.79 Å². The van der Waals surface area contributed by atoms with Crippen molar-refractivity contribution in [2.75, 3.05) is 12.4 Å². The maximum atomic E-state index is 12.5. The van der Waals surface area contributed by atoms with Gasteiger partial charge in [-0.2, -0.15) is 0 Å². The highest BCUT2D eigenvalue weighted by Crippen LogP contribution is 2.37. The topological polar surface area (TPSA) is 66.9 Å². The van der Waals surface area contributed by atoms with E-state index in [0.717, 1.165) is 19.3 Å². The van der Waals surface area contributed by atoms with Gasteiger partial charge in [0.05, 0.1) is 11.9 Å². The molecule has 1 saturated carbocycles. The molecule has 1 fully saturated rings. The van der Waals surface area contributed by atoms with Gasteiger partial charge in [0.1, 0.15) is 5.82 Å². The van der Waals surface area contributed by atoms with Gasteiger partial charge in [0.25, 0.3) is 5.91 Å². The van der Waals surface area contributed by atoms with Crippen molar-refractivity contribution in [3.63, 3.8) is 0 Å². The monoisotopic (exact) mass is 290 g/mol. The summed E-state index contributed by atoms with van der Waals surface area (Å²) in [5.74, 6) is 0.796. The number of anilines is 1. The van der Waals surface area contributed by atoms with Crippen molar-refractivity contribution >= 4 is 11.6 Å². The molecular formula is C16H26N4O. The van der Waals surface area contributed by atoms with Crippen LogP contribution < -0.4 is 10.6 Å². The van der Waals surface area contributed by atoms with Gasteiger partial charge < -0.3 is 10.6 Å². The average molecular weight is 290 g/mol. The molecule has 0 bridgehead atoms. The fourth-order valence-electron chi connectivity index (χ4n) is 2.84. The standard InChI is InChI=1S/C16H26N4O/c1-10(2)14-18-9-12(17-5)13(20-14)15(21)19-11-6-7-16(3,4)8-11/h9-11,17H,6-8H2,1-5H3,(H,19,21). The number of aromatic nitrogens is 2. The lowest BCUT2D eigenvalue weighted by molar-refractivity contribution is 0.0931. The van der Waals surface area contributed by atoms with Crippen LogP contribution in [0.3, 0.4) is 0 Å². The molecule has 0 saturated heterocycles. The molecule has 21 heavy (non-hydrogen) atoms. The van der Waals surface area contributed by atoms with E-state index in [1.807, 2.05) is 13.8 Å². The lowest BCUT2D eigenvalue weighted by Gasteiger charge is -2.18. The molecule has 1 unspecified atom stereocenters. The van der Waals surface area contributed by atoms with Crippen LogP contribution >= 0.6 is 0 Å². The van der Waals surface area contributed by atoms with Gasteiger partial charge in [-0.05, 0) is 24.7 Å². The van der Waals surface area contributed by atoms with Gasteiger partial charge in [0, 0.05) is 19.0 Å². The van der Waals surface area contributed by atoms with Crippen LogP contribution in [0.1, 0.15) is 69.2 Å². The Balaban J connectivity index is 2.16. The summed E-state index contributed by atoms with van der Waals surface area (Å²) in [5, 5.41) is 6.12. The Morgan fingerprint density at radius 2 is 2.14 bits per heavy atom. The molecule has 116 valence electrons. The number of amides is 1. The maximum Gasteiger partial charge on any atom is 0.272 e. The molecule has 1 atom stereocenters. The molecule has 2 N–H and O–H groups in total. The molecule has 0 aliphatic heterocycles. The number of nitrogens with one attached hydrogen (secondary N) is 2. The van der Waals surface area contributed by atoms with E-state index >= 15 is 0 Å². The van der Waals surface area contributed by atoms with Crippen LogP contribution in [0.5, 0.6) is 0 Å². The molecule has 0 spiro atoms. The largest absolute Gasteiger partial charge is 0.385 e. The summed E-state index contributed by atoms with van der Waals surface area (Å²) in [5.41, 5.74) is 1.44. The highest BCUT2D eigenvalue weighted by atomic mass is 16.2. The molecule has 1 aromatic rings. The minimum absolute atomic E-state index is 0.105. The van der Waals surface area contributed by atoms with E-state index in [1.54, 1.807) is 13.2 Å². The summed E-state index contributed by atoms with van der Waals surface area (Å²) in [6, 6.07) is 0.245. The number of hydrogen-bond donors (Lipinski definition) is 2. The fourth-order valence-corrected chi connectivity index (χ4v) is 2.84. The summed E-state index contributed by atoms with van der Waals surface area (Å²) in [7, 11) is 1.78. The number of nitrogens with zero attached hydrogens (tertiary/aromatic N) is 2. The van der Waals surface area contributed by atoms with Gasteiger partial charge in [-0.25, -0.2) is 9.97 Å². The van der Waals surface area contributed by atoms with E-state index in [-0.39, 0.29) is 17.9 Å². The first-order valence-electron chi connectivity index (χ1n) is 7.68. The van der Waals surface area contributed by atoms with Gasteiger partial charge in [-0.1, -0.05) is 27.7 Å². The zero-order valence-electron chi connectivity index (χ0n) is 13.7. The van der Waals surface area contributed by atoms with Crippen molar-refractivity contribution in [1.29, 1.82) is 0 Å². The third-order valence-electron chi connectivity index (χ3n) is 4.11. The number of carbonyl (C=O) groups excluding carboxylic acids is 1. The molecule has 0 radical (unpaired) electrons. The van der Waals surface area contributed by atoms with Crippen LogP contribution in [0, 0.1) is 5.41 Å². The van der Waals surface area contributed by atoms with E-state index in [4.69, 9.17) is 0 Å². The first kappa shape index (κ1) is 15.7. The van der Waals surface area contributed by atoms with Crippen LogP contribution in [0.4, 0.5) is 5.69 Å². The van der Waals surface area contributed by atoms with Crippen LogP contribution in [0.25, 0.3) is 0 Å². The molecular weight excluding hydrogens is 264 g/mol. The third-order valence-corrected chi connectivity index (χ3v) is 4.11. The lowest BCUT2D eigenvalue weighted by Crippen LogP contribution is -2.34. The van der Waals surface area contributed by atoms with Crippen LogP contribution in [-0.2, 0) is 0 Å². The first-order valence-corrected chi connectivity index (χ1v) is 7.68. The number of hydrogen-bond acceptors (Lipinski definition) is 4. The Hall–Kier alpha value is -1.65. The highest BCUT2D eigenvalue weighted by molar-refractivity contribution is 5.97. The van der Waals surface area contributed by atoms with Gasteiger partial charge in [-0.15, -0.1) is 0 Å². The second-order valence-corrected chi connectivity index (χ2v) is 6.97. The van der Waals surface area contributed by atoms with Crippen molar-refractivity contribution in [3.05, 3.63) is 17.7 Å². The molecule has 1 aliphatic carbocycles. The Labute approximate surface area is 127 Å². The molecule has 2 rings (SSSR count). The highest BCUT2D eigenvalue weighted by Gasteiger charge is 2.32. The lowest BCUT2D eigenvalue weighted by atomic mass is 9.92. The fraction of sp³-hybridized carbons (Fsp3) is 0.688. The van der Waals surface area contributed by atoms with E-state index in [1.165, 1.54) is 0 Å². The number of carbonyl (C=O) groups is 1. The Morgan fingerprint density at radius 1 is 1.43 bits per heavy atom. The predicted molar refractivity (Wildman–Crippen MR) is 84.6 cm³/mol. The molecule has 0 aromatic carbocycles. The van der Waals surface area contributed by atoms with Crippen LogP contribution in [0.15, 0.2) is 6.20 Å². The van der Waals surface area contributed by atoms with E-state index in [2.05, 4.69) is 34.4 Å². The molecule has 5 nitrogen and oxygen atoms in total. The summed E-state index contributed by atoms with van der Waals surface area (Å²) in [6.45, 7) is 8.55.